The number of aryl methyl sites for hydroxylation is 1. The van der Waals surface area contributed by atoms with Gasteiger partial charge in [0, 0.05) is 64.7 Å². The highest BCUT2D eigenvalue weighted by molar-refractivity contribution is 5.98. The highest BCUT2D eigenvalue weighted by atomic mass is 16.2. The molecule has 3 N–H and O–H groups in total. The van der Waals surface area contributed by atoms with Crippen LogP contribution in [0.3, 0.4) is 0 Å². The van der Waals surface area contributed by atoms with Gasteiger partial charge in [-0.2, -0.15) is 0 Å². The summed E-state index contributed by atoms with van der Waals surface area (Å²) in [7, 11) is 3.52. The van der Waals surface area contributed by atoms with Crippen molar-refractivity contribution in [2.24, 2.45) is 5.73 Å². The zero-order valence-electron chi connectivity index (χ0n) is 18.0. The molecule has 0 unspecified atom stereocenters. The van der Waals surface area contributed by atoms with Gasteiger partial charge in [0.05, 0.1) is 12.3 Å². The fourth-order valence-corrected chi connectivity index (χ4v) is 3.51. The minimum absolute atomic E-state index is 0.00651. The van der Waals surface area contributed by atoms with Crippen molar-refractivity contribution >= 4 is 23.6 Å². The number of benzene rings is 1. The molecule has 1 fully saturated rings. The molecule has 0 aliphatic carbocycles. The molecule has 1 aliphatic heterocycles. The number of Topliss-reactive ketones (excluding diaryl/α,β-unsaturated/α-hetero) is 1. The summed E-state index contributed by atoms with van der Waals surface area (Å²) >= 11 is 0. The van der Waals surface area contributed by atoms with Crippen molar-refractivity contribution in [2.45, 2.75) is 19.3 Å². The number of amides is 2. The van der Waals surface area contributed by atoms with Gasteiger partial charge in [-0.05, 0) is 17.5 Å². The lowest BCUT2D eigenvalue weighted by atomic mass is 10.0. The molecule has 31 heavy (non-hydrogen) atoms. The van der Waals surface area contributed by atoms with Gasteiger partial charge in [-0.15, -0.1) is 0 Å². The van der Waals surface area contributed by atoms with E-state index in [0.29, 0.717) is 45.0 Å². The molecular weight excluding hydrogens is 394 g/mol. The molecule has 1 aromatic heterocycles. The number of aromatic nitrogens is 2. The molecule has 164 valence electrons. The van der Waals surface area contributed by atoms with Crippen molar-refractivity contribution in [1.82, 2.24) is 19.8 Å². The number of hydrogen-bond acceptors (Lipinski definition) is 6. The number of hydrogen-bond donors (Lipinski definition) is 2. The Bertz CT molecular complexity index is 935. The highest BCUT2D eigenvalue weighted by Crippen LogP contribution is 2.21. The Morgan fingerprint density at radius 2 is 1.77 bits per heavy atom. The lowest BCUT2D eigenvalue weighted by molar-refractivity contribution is -0.117. The Balaban J connectivity index is 1.60. The first kappa shape index (κ1) is 22.2. The lowest BCUT2D eigenvalue weighted by Gasteiger charge is -2.35. The molecule has 1 saturated heterocycles. The number of nitrogens with one attached hydrogen (secondary N) is 1. The zero-order chi connectivity index (χ0) is 22.4. The van der Waals surface area contributed by atoms with Crippen molar-refractivity contribution in [3.63, 3.8) is 0 Å². The van der Waals surface area contributed by atoms with Gasteiger partial charge >= 0.3 is 6.03 Å². The number of nitrogens with zero attached hydrogens (tertiary/aromatic N) is 5. The van der Waals surface area contributed by atoms with Gasteiger partial charge in [0.2, 0.25) is 5.95 Å². The summed E-state index contributed by atoms with van der Waals surface area (Å²) in [6.45, 7) is 2.68. The average Bonchev–Trinajstić information content (AvgIpc) is 2.77. The van der Waals surface area contributed by atoms with Crippen LogP contribution in [-0.4, -0.2) is 77.7 Å². The fraction of sp³-hybridized carbons (Fsp3) is 0.409. The quantitative estimate of drug-likeness (QED) is 0.517. The number of amidine groups is 1. The van der Waals surface area contributed by atoms with Crippen LogP contribution in [0, 0.1) is 5.41 Å². The van der Waals surface area contributed by atoms with Gasteiger partial charge < -0.3 is 20.4 Å². The summed E-state index contributed by atoms with van der Waals surface area (Å²) < 4.78 is 0. The Kier molecular flexibility index (Phi) is 7.17. The average molecular weight is 424 g/mol. The van der Waals surface area contributed by atoms with Crippen LogP contribution in [0.2, 0.25) is 0 Å². The second kappa shape index (κ2) is 10.0. The predicted molar refractivity (Wildman–Crippen MR) is 120 cm³/mol. The third-order valence-electron chi connectivity index (χ3n) is 5.19. The second-order valence-electron chi connectivity index (χ2n) is 7.86. The third-order valence-corrected chi connectivity index (χ3v) is 5.19. The van der Waals surface area contributed by atoms with E-state index in [9.17, 15) is 9.59 Å². The molecule has 1 aliphatic rings. The van der Waals surface area contributed by atoms with Crippen LogP contribution in [0.25, 0.3) is 11.1 Å². The number of nitrogens with two attached hydrogens (primary N) is 1. The molecule has 9 nitrogen and oxygen atoms in total. The monoisotopic (exact) mass is 423 g/mol. The molecular formula is C22H29N7O2. The van der Waals surface area contributed by atoms with Crippen LogP contribution in [0.4, 0.5) is 10.7 Å². The summed E-state index contributed by atoms with van der Waals surface area (Å²) in [6.07, 6.45) is 4.58. The largest absolute Gasteiger partial charge is 0.387 e. The summed E-state index contributed by atoms with van der Waals surface area (Å²) in [5.74, 6) is 0.534. The van der Waals surface area contributed by atoms with Crippen LogP contribution >= 0.6 is 0 Å². The van der Waals surface area contributed by atoms with Crippen LogP contribution in [0.5, 0.6) is 0 Å². The van der Waals surface area contributed by atoms with Gasteiger partial charge in [0.1, 0.15) is 5.78 Å². The van der Waals surface area contributed by atoms with E-state index in [1.165, 1.54) is 0 Å². The van der Waals surface area contributed by atoms with E-state index in [1.807, 2.05) is 29.2 Å². The van der Waals surface area contributed by atoms with Crippen LogP contribution in [0.1, 0.15) is 18.4 Å². The van der Waals surface area contributed by atoms with Gasteiger partial charge in [-0.3, -0.25) is 10.2 Å². The smallest absolute Gasteiger partial charge is 0.319 e. The van der Waals surface area contributed by atoms with Crippen LogP contribution < -0.4 is 10.6 Å². The maximum atomic E-state index is 12.1. The van der Waals surface area contributed by atoms with Crippen molar-refractivity contribution in [2.75, 3.05) is 45.2 Å². The van der Waals surface area contributed by atoms with Crippen molar-refractivity contribution < 1.29 is 9.59 Å². The SMILES string of the molecule is CN(C)C(=O)N1CCN(c2ncc(-c3cccc(CCC(=O)CC(=N)N)c3)cn2)CC1. The molecule has 1 aromatic carbocycles. The molecule has 0 saturated carbocycles. The maximum Gasteiger partial charge on any atom is 0.319 e. The molecule has 0 radical (unpaired) electrons. The molecule has 9 heteroatoms. The number of ketones is 1. The minimum atomic E-state index is -0.0956. The molecule has 3 rings (SSSR count). The second-order valence-corrected chi connectivity index (χ2v) is 7.86. The van der Waals surface area contributed by atoms with Crippen LogP contribution in [-0.2, 0) is 11.2 Å². The normalized spacial score (nSPS) is 13.7. The first-order valence-electron chi connectivity index (χ1n) is 10.3. The Morgan fingerprint density at radius 1 is 1.10 bits per heavy atom. The number of piperazine rings is 1. The summed E-state index contributed by atoms with van der Waals surface area (Å²) in [5.41, 5.74) is 8.22. The summed E-state index contributed by atoms with van der Waals surface area (Å²) in [4.78, 5) is 38.4. The standard InChI is InChI=1S/C22H29N7O2/c1-27(2)22(31)29-10-8-28(9-11-29)21-25-14-18(15-26-21)17-5-3-4-16(12-17)6-7-19(30)13-20(23)24/h3-5,12,14-15H,6-11,13H2,1-2H3,(H3,23,24). The molecule has 0 bridgehead atoms. The predicted octanol–water partition coefficient (Wildman–Crippen LogP) is 1.77. The first-order chi connectivity index (χ1) is 14.8. The number of carbonyl (C=O) groups is 2. The lowest BCUT2D eigenvalue weighted by Crippen LogP contribution is -2.51. The fourth-order valence-electron chi connectivity index (χ4n) is 3.51. The van der Waals surface area contributed by atoms with E-state index in [4.69, 9.17) is 11.1 Å². The zero-order valence-corrected chi connectivity index (χ0v) is 18.0. The molecule has 2 heterocycles. The van der Waals surface area contributed by atoms with E-state index in [-0.39, 0.29) is 24.1 Å². The minimum Gasteiger partial charge on any atom is -0.387 e. The summed E-state index contributed by atoms with van der Waals surface area (Å²) in [5, 5.41) is 7.21. The summed E-state index contributed by atoms with van der Waals surface area (Å²) in [6, 6.07) is 7.98. The Hall–Kier alpha value is -3.49. The van der Waals surface area contributed by atoms with E-state index >= 15 is 0 Å². The number of carbonyl (C=O) groups excluding carboxylic acids is 2. The molecule has 0 spiro atoms. The Morgan fingerprint density at radius 3 is 2.39 bits per heavy atom. The number of rotatable bonds is 7. The maximum absolute atomic E-state index is 12.1. The van der Waals surface area contributed by atoms with Gasteiger partial charge in [0.15, 0.2) is 0 Å². The third kappa shape index (κ3) is 6.00. The number of urea groups is 1. The topological polar surface area (TPSA) is 120 Å². The van der Waals surface area contributed by atoms with E-state index in [0.717, 1.165) is 16.7 Å². The van der Waals surface area contributed by atoms with E-state index in [1.54, 1.807) is 31.4 Å². The van der Waals surface area contributed by atoms with E-state index in [2.05, 4.69) is 14.9 Å². The van der Waals surface area contributed by atoms with Crippen molar-refractivity contribution in [3.8, 4) is 11.1 Å². The highest BCUT2D eigenvalue weighted by Gasteiger charge is 2.23. The first-order valence-corrected chi connectivity index (χ1v) is 10.3. The van der Waals surface area contributed by atoms with E-state index < -0.39 is 0 Å². The van der Waals surface area contributed by atoms with Crippen molar-refractivity contribution in [1.29, 1.82) is 5.41 Å². The molecule has 0 atom stereocenters. The van der Waals surface area contributed by atoms with Gasteiger partial charge in [0.25, 0.3) is 0 Å². The molecule has 2 amide bonds. The van der Waals surface area contributed by atoms with Gasteiger partial charge in [-0.1, -0.05) is 24.3 Å². The Labute approximate surface area is 182 Å². The van der Waals surface area contributed by atoms with Crippen molar-refractivity contribution in [3.05, 3.63) is 42.2 Å². The molecule has 2 aromatic rings. The van der Waals surface area contributed by atoms with Crippen LogP contribution in [0.15, 0.2) is 36.7 Å². The number of anilines is 1. The van der Waals surface area contributed by atoms with Gasteiger partial charge in [-0.25, -0.2) is 14.8 Å².